The Kier molecular flexibility index (Phi) is 5.89. The van der Waals surface area contributed by atoms with Gasteiger partial charge in [0.1, 0.15) is 5.56 Å². The lowest BCUT2D eigenvalue weighted by Gasteiger charge is -2.19. The van der Waals surface area contributed by atoms with E-state index in [0.717, 1.165) is 5.56 Å². The van der Waals surface area contributed by atoms with E-state index in [-0.39, 0.29) is 18.1 Å². The molecule has 2 aromatic rings. The lowest BCUT2D eigenvalue weighted by molar-refractivity contribution is -0.147. The van der Waals surface area contributed by atoms with Crippen molar-refractivity contribution in [2.45, 2.75) is 32.4 Å². The number of aromatic nitrogens is 1. The van der Waals surface area contributed by atoms with Crippen molar-refractivity contribution < 1.29 is 14.3 Å². The van der Waals surface area contributed by atoms with E-state index < -0.39 is 23.5 Å². The van der Waals surface area contributed by atoms with Crippen LogP contribution < -0.4 is 10.9 Å². The van der Waals surface area contributed by atoms with Crippen molar-refractivity contribution in [3.63, 3.8) is 0 Å². The van der Waals surface area contributed by atoms with Crippen molar-refractivity contribution in [1.82, 2.24) is 10.3 Å². The summed E-state index contributed by atoms with van der Waals surface area (Å²) in [6.07, 6.45) is 1.20. The first kappa shape index (κ1) is 17.5. The Bertz CT molecular complexity index is 753. The van der Waals surface area contributed by atoms with Crippen molar-refractivity contribution in [2.24, 2.45) is 0 Å². The van der Waals surface area contributed by atoms with Gasteiger partial charge < -0.3 is 15.0 Å². The third-order valence-electron chi connectivity index (χ3n) is 3.31. The summed E-state index contributed by atoms with van der Waals surface area (Å²) in [7, 11) is 0. The first-order chi connectivity index (χ1) is 11.5. The lowest BCUT2D eigenvalue weighted by Crippen LogP contribution is -2.34. The number of esters is 1. The number of hydrogen-bond acceptors (Lipinski definition) is 4. The SMILES string of the molecule is CC(C)OC(=O)CC(NC(=O)c1ccc[nH]c1=O)c1ccccc1. The molecule has 1 aromatic heterocycles. The number of hydrogen-bond donors (Lipinski definition) is 2. The number of rotatable bonds is 6. The van der Waals surface area contributed by atoms with Gasteiger partial charge >= 0.3 is 5.97 Å². The van der Waals surface area contributed by atoms with Gasteiger partial charge in [0.05, 0.1) is 18.6 Å². The Labute approximate surface area is 139 Å². The van der Waals surface area contributed by atoms with Crippen LogP contribution in [0.4, 0.5) is 0 Å². The highest BCUT2D eigenvalue weighted by Crippen LogP contribution is 2.18. The van der Waals surface area contributed by atoms with Crippen LogP contribution in [0.15, 0.2) is 53.5 Å². The number of pyridine rings is 1. The number of nitrogens with one attached hydrogen (secondary N) is 2. The van der Waals surface area contributed by atoms with E-state index in [1.54, 1.807) is 19.9 Å². The number of benzene rings is 1. The van der Waals surface area contributed by atoms with Crippen LogP contribution in [0.3, 0.4) is 0 Å². The molecule has 1 atom stereocenters. The standard InChI is InChI=1S/C18H20N2O4/c1-12(2)24-16(21)11-15(13-7-4-3-5-8-13)20-18(23)14-9-6-10-19-17(14)22/h3-10,12,15H,11H2,1-2H3,(H,19,22)(H,20,23). The smallest absolute Gasteiger partial charge is 0.308 e. The highest BCUT2D eigenvalue weighted by molar-refractivity contribution is 5.94. The van der Waals surface area contributed by atoms with Gasteiger partial charge in [-0.2, -0.15) is 0 Å². The highest BCUT2D eigenvalue weighted by Gasteiger charge is 2.21. The summed E-state index contributed by atoms with van der Waals surface area (Å²) in [6.45, 7) is 3.52. The summed E-state index contributed by atoms with van der Waals surface area (Å²) in [4.78, 5) is 38.5. The van der Waals surface area contributed by atoms with E-state index in [2.05, 4.69) is 10.3 Å². The molecule has 1 aromatic carbocycles. The second-order valence-corrected chi connectivity index (χ2v) is 5.59. The summed E-state index contributed by atoms with van der Waals surface area (Å²) in [5, 5.41) is 2.73. The van der Waals surface area contributed by atoms with Gasteiger partial charge in [0.2, 0.25) is 0 Å². The van der Waals surface area contributed by atoms with Crippen molar-refractivity contribution in [3.8, 4) is 0 Å². The molecule has 126 valence electrons. The summed E-state index contributed by atoms with van der Waals surface area (Å²) < 4.78 is 5.16. The van der Waals surface area contributed by atoms with E-state index in [0.29, 0.717) is 0 Å². The number of carbonyl (C=O) groups excluding carboxylic acids is 2. The van der Waals surface area contributed by atoms with Gasteiger partial charge in [0.15, 0.2) is 0 Å². The maximum absolute atomic E-state index is 12.4. The maximum Gasteiger partial charge on any atom is 0.308 e. The van der Waals surface area contributed by atoms with Crippen LogP contribution in [0.5, 0.6) is 0 Å². The number of ether oxygens (including phenoxy) is 1. The van der Waals surface area contributed by atoms with E-state index in [1.165, 1.54) is 12.3 Å². The minimum Gasteiger partial charge on any atom is -0.463 e. The Morgan fingerprint density at radius 3 is 2.46 bits per heavy atom. The van der Waals surface area contributed by atoms with Crippen molar-refractivity contribution in [2.75, 3.05) is 0 Å². The topological polar surface area (TPSA) is 88.3 Å². The second-order valence-electron chi connectivity index (χ2n) is 5.59. The largest absolute Gasteiger partial charge is 0.463 e. The van der Waals surface area contributed by atoms with E-state index in [1.807, 2.05) is 30.3 Å². The second kappa shape index (κ2) is 8.10. The molecule has 24 heavy (non-hydrogen) atoms. The molecule has 1 amide bonds. The van der Waals surface area contributed by atoms with Gasteiger partial charge in [0, 0.05) is 6.20 Å². The number of aromatic amines is 1. The van der Waals surface area contributed by atoms with E-state index >= 15 is 0 Å². The van der Waals surface area contributed by atoms with Gasteiger partial charge in [-0.3, -0.25) is 14.4 Å². The first-order valence-electron chi connectivity index (χ1n) is 7.70. The molecule has 2 rings (SSSR count). The number of H-pyrrole nitrogens is 1. The number of carbonyl (C=O) groups is 2. The van der Waals surface area contributed by atoms with Crippen molar-refractivity contribution >= 4 is 11.9 Å². The van der Waals surface area contributed by atoms with Gasteiger partial charge in [-0.15, -0.1) is 0 Å². The van der Waals surface area contributed by atoms with Crippen molar-refractivity contribution in [3.05, 3.63) is 70.1 Å². The minimum absolute atomic E-state index is 0.00402. The zero-order valence-electron chi connectivity index (χ0n) is 13.6. The molecule has 0 saturated heterocycles. The maximum atomic E-state index is 12.4. The molecule has 0 fully saturated rings. The van der Waals surface area contributed by atoms with Crippen molar-refractivity contribution in [1.29, 1.82) is 0 Å². The zero-order chi connectivity index (χ0) is 17.5. The molecule has 1 heterocycles. The summed E-state index contributed by atoms with van der Waals surface area (Å²) >= 11 is 0. The third kappa shape index (κ3) is 4.81. The van der Waals surface area contributed by atoms with Gasteiger partial charge in [-0.25, -0.2) is 0 Å². The molecule has 0 aliphatic carbocycles. The molecular formula is C18H20N2O4. The Hall–Kier alpha value is -2.89. The Balaban J connectivity index is 2.20. The van der Waals surface area contributed by atoms with Gasteiger partial charge in [0.25, 0.3) is 11.5 Å². The van der Waals surface area contributed by atoms with Crippen LogP contribution in [0.1, 0.15) is 42.2 Å². The lowest BCUT2D eigenvalue weighted by atomic mass is 10.0. The molecule has 6 nitrogen and oxygen atoms in total. The molecule has 0 aliphatic heterocycles. The average molecular weight is 328 g/mol. The van der Waals surface area contributed by atoms with Gasteiger partial charge in [-0.05, 0) is 31.5 Å². The monoisotopic (exact) mass is 328 g/mol. The molecule has 0 bridgehead atoms. The molecule has 0 aliphatic rings. The van der Waals surface area contributed by atoms with Crippen LogP contribution in [-0.2, 0) is 9.53 Å². The average Bonchev–Trinajstić information content (AvgIpc) is 2.54. The van der Waals surface area contributed by atoms with Crippen LogP contribution in [0.25, 0.3) is 0 Å². The molecule has 0 saturated carbocycles. The third-order valence-corrected chi connectivity index (χ3v) is 3.31. The van der Waals surface area contributed by atoms with Crippen LogP contribution >= 0.6 is 0 Å². The fourth-order valence-electron chi connectivity index (χ4n) is 2.25. The number of amides is 1. The Morgan fingerprint density at radius 1 is 1.12 bits per heavy atom. The predicted octanol–water partition coefficient (Wildman–Crippen LogP) is 2.19. The van der Waals surface area contributed by atoms with Crippen LogP contribution in [0.2, 0.25) is 0 Å². The normalized spacial score (nSPS) is 11.8. The summed E-state index contributed by atoms with van der Waals surface area (Å²) in [5.41, 5.74) is 0.279. The van der Waals surface area contributed by atoms with E-state index in [9.17, 15) is 14.4 Å². The fraction of sp³-hybridized carbons (Fsp3) is 0.278. The fourth-order valence-corrected chi connectivity index (χ4v) is 2.25. The van der Waals surface area contributed by atoms with Crippen LogP contribution in [-0.4, -0.2) is 23.0 Å². The minimum atomic E-state index is -0.579. The molecule has 2 N–H and O–H groups in total. The summed E-state index contributed by atoms with van der Waals surface area (Å²) in [5.74, 6) is -0.954. The molecule has 1 unspecified atom stereocenters. The van der Waals surface area contributed by atoms with Crippen LogP contribution in [0, 0.1) is 0 Å². The molecule has 0 spiro atoms. The predicted molar refractivity (Wildman–Crippen MR) is 89.6 cm³/mol. The van der Waals surface area contributed by atoms with E-state index in [4.69, 9.17) is 4.74 Å². The highest BCUT2D eigenvalue weighted by atomic mass is 16.5. The summed E-state index contributed by atoms with van der Waals surface area (Å²) in [6, 6.07) is 11.5. The zero-order valence-corrected chi connectivity index (χ0v) is 13.6. The van der Waals surface area contributed by atoms with Gasteiger partial charge in [-0.1, -0.05) is 30.3 Å². The molecule has 6 heteroatoms. The molecular weight excluding hydrogens is 308 g/mol. The Morgan fingerprint density at radius 2 is 1.83 bits per heavy atom. The quantitative estimate of drug-likeness (QED) is 0.796. The molecule has 0 radical (unpaired) electrons. The first-order valence-corrected chi connectivity index (χ1v) is 7.70.